The van der Waals surface area contributed by atoms with Gasteiger partial charge in [-0.2, -0.15) is 0 Å². The molecular weight excluding hydrogens is 303 g/mol. The van der Waals surface area contributed by atoms with Crippen LogP contribution in [0.3, 0.4) is 0 Å². The zero-order valence-electron chi connectivity index (χ0n) is 14.0. The molecule has 0 saturated carbocycles. The van der Waals surface area contributed by atoms with E-state index in [0.717, 1.165) is 31.5 Å². The Labute approximate surface area is 142 Å². The van der Waals surface area contributed by atoms with Crippen LogP contribution in [0, 0.1) is 11.7 Å². The molecule has 0 atom stereocenters. The Morgan fingerprint density at radius 2 is 1.71 bits per heavy atom. The summed E-state index contributed by atoms with van der Waals surface area (Å²) in [6.07, 6.45) is 1.54. The van der Waals surface area contributed by atoms with E-state index < -0.39 is 0 Å². The number of halogens is 1. The van der Waals surface area contributed by atoms with Gasteiger partial charge < -0.3 is 9.80 Å². The summed E-state index contributed by atoms with van der Waals surface area (Å²) in [5.41, 5.74) is 1.78. The average Bonchev–Trinajstić information content (AvgIpc) is 2.62. The minimum Gasteiger partial charge on any atom is -0.369 e. The summed E-state index contributed by atoms with van der Waals surface area (Å²) in [6, 6.07) is 16.9. The van der Waals surface area contributed by atoms with Crippen LogP contribution < -0.4 is 4.90 Å². The summed E-state index contributed by atoms with van der Waals surface area (Å²) in [5, 5.41) is 0. The van der Waals surface area contributed by atoms with Gasteiger partial charge in [-0.05, 0) is 30.5 Å². The van der Waals surface area contributed by atoms with E-state index in [0.29, 0.717) is 12.2 Å². The molecule has 24 heavy (non-hydrogen) atoms. The zero-order valence-corrected chi connectivity index (χ0v) is 14.0. The second-order valence-corrected chi connectivity index (χ2v) is 6.39. The van der Waals surface area contributed by atoms with Crippen molar-refractivity contribution in [2.75, 3.05) is 25.0 Å². The standard InChI is InChI=1S/C20H23FN2O/c1-22(15-16-7-3-2-4-8-16)20(24)17-11-13-23(14-12-17)19-10-6-5-9-18(19)21/h2-10,17H,11-15H2,1H3. The van der Waals surface area contributed by atoms with Crippen LogP contribution in [0.25, 0.3) is 0 Å². The third kappa shape index (κ3) is 3.75. The molecule has 0 spiro atoms. The van der Waals surface area contributed by atoms with Crippen molar-refractivity contribution in [3.63, 3.8) is 0 Å². The van der Waals surface area contributed by atoms with Crippen molar-refractivity contribution in [1.82, 2.24) is 4.90 Å². The molecule has 2 aromatic carbocycles. The monoisotopic (exact) mass is 326 g/mol. The molecule has 0 radical (unpaired) electrons. The summed E-state index contributed by atoms with van der Waals surface area (Å²) in [7, 11) is 1.86. The number of hydrogen-bond acceptors (Lipinski definition) is 2. The van der Waals surface area contributed by atoms with E-state index in [1.807, 2.05) is 48.3 Å². The van der Waals surface area contributed by atoms with Crippen LogP contribution in [0.15, 0.2) is 54.6 Å². The molecule has 3 nitrogen and oxygen atoms in total. The normalized spacial score (nSPS) is 15.3. The number of nitrogens with zero attached hydrogens (tertiary/aromatic N) is 2. The van der Waals surface area contributed by atoms with Gasteiger partial charge in [-0.3, -0.25) is 4.79 Å². The fourth-order valence-electron chi connectivity index (χ4n) is 3.32. The van der Waals surface area contributed by atoms with Gasteiger partial charge in [0.2, 0.25) is 5.91 Å². The van der Waals surface area contributed by atoms with Crippen molar-refractivity contribution in [1.29, 1.82) is 0 Å². The molecule has 1 aliphatic rings. The van der Waals surface area contributed by atoms with Gasteiger partial charge in [0, 0.05) is 32.6 Å². The minimum absolute atomic E-state index is 0.0294. The number of carbonyl (C=O) groups excluding carboxylic acids is 1. The topological polar surface area (TPSA) is 23.6 Å². The highest BCUT2D eigenvalue weighted by Crippen LogP contribution is 2.26. The highest BCUT2D eigenvalue weighted by atomic mass is 19.1. The van der Waals surface area contributed by atoms with Crippen LogP contribution in [0.2, 0.25) is 0 Å². The molecule has 0 unspecified atom stereocenters. The fraction of sp³-hybridized carbons (Fsp3) is 0.350. The highest BCUT2D eigenvalue weighted by molar-refractivity contribution is 5.79. The second kappa shape index (κ2) is 7.47. The maximum Gasteiger partial charge on any atom is 0.225 e. The first kappa shape index (κ1) is 16.5. The molecular formula is C20H23FN2O. The van der Waals surface area contributed by atoms with Gasteiger partial charge in [-0.1, -0.05) is 42.5 Å². The summed E-state index contributed by atoms with van der Waals surface area (Å²) >= 11 is 0. The number of anilines is 1. The van der Waals surface area contributed by atoms with E-state index >= 15 is 0 Å². The first-order chi connectivity index (χ1) is 11.6. The molecule has 1 fully saturated rings. The van der Waals surface area contributed by atoms with E-state index in [-0.39, 0.29) is 17.6 Å². The van der Waals surface area contributed by atoms with Gasteiger partial charge in [0.25, 0.3) is 0 Å². The molecule has 1 saturated heterocycles. The lowest BCUT2D eigenvalue weighted by Crippen LogP contribution is -2.41. The number of para-hydroxylation sites is 1. The van der Waals surface area contributed by atoms with Crippen molar-refractivity contribution in [3.8, 4) is 0 Å². The van der Waals surface area contributed by atoms with Gasteiger partial charge in [-0.25, -0.2) is 4.39 Å². The maximum absolute atomic E-state index is 13.9. The van der Waals surface area contributed by atoms with Crippen molar-refractivity contribution in [3.05, 3.63) is 66.0 Å². The Kier molecular flexibility index (Phi) is 5.14. The van der Waals surface area contributed by atoms with E-state index in [1.54, 1.807) is 17.0 Å². The van der Waals surface area contributed by atoms with Gasteiger partial charge in [-0.15, -0.1) is 0 Å². The smallest absolute Gasteiger partial charge is 0.225 e. The largest absolute Gasteiger partial charge is 0.369 e. The van der Waals surface area contributed by atoms with Gasteiger partial charge in [0.1, 0.15) is 5.82 Å². The third-order valence-electron chi connectivity index (χ3n) is 4.68. The SMILES string of the molecule is CN(Cc1ccccc1)C(=O)C1CCN(c2ccccc2F)CC1. The first-order valence-electron chi connectivity index (χ1n) is 8.43. The Morgan fingerprint density at radius 3 is 2.38 bits per heavy atom. The van der Waals surface area contributed by atoms with Crippen molar-refractivity contribution >= 4 is 11.6 Å². The van der Waals surface area contributed by atoms with Crippen molar-refractivity contribution in [2.24, 2.45) is 5.92 Å². The van der Waals surface area contributed by atoms with Crippen LogP contribution >= 0.6 is 0 Å². The predicted molar refractivity (Wildman–Crippen MR) is 94.3 cm³/mol. The lowest BCUT2D eigenvalue weighted by atomic mass is 9.94. The second-order valence-electron chi connectivity index (χ2n) is 6.39. The molecule has 4 heteroatoms. The quantitative estimate of drug-likeness (QED) is 0.855. The molecule has 3 rings (SSSR count). The van der Waals surface area contributed by atoms with Gasteiger partial charge in [0.15, 0.2) is 0 Å². The number of amides is 1. The molecule has 0 aromatic heterocycles. The average molecular weight is 326 g/mol. The number of benzene rings is 2. The number of rotatable bonds is 4. The lowest BCUT2D eigenvalue weighted by molar-refractivity contribution is -0.135. The molecule has 2 aromatic rings. The van der Waals surface area contributed by atoms with Crippen LogP contribution in [0.4, 0.5) is 10.1 Å². The number of hydrogen-bond donors (Lipinski definition) is 0. The lowest BCUT2D eigenvalue weighted by Gasteiger charge is -2.34. The summed E-state index contributed by atoms with van der Waals surface area (Å²) in [4.78, 5) is 16.5. The summed E-state index contributed by atoms with van der Waals surface area (Å²) in [5.74, 6) is 0.0252. The van der Waals surface area contributed by atoms with E-state index in [2.05, 4.69) is 0 Å². The predicted octanol–water partition coefficient (Wildman–Crippen LogP) is 3.70. The number of piperidine rings is 1. The van der Waals surface area contributed by atoms with Crippen molar-refractivity contribution < 1.29 is 9.18 Å². The highest BCUT2D eigenvalue weighted by Gasteiger charge is 2.28. The van der Waals surface area contributed by atoms with Crippen LogP contribution in [0.1, 0.15) is 18.4 Å². The summed E-state index contributed by atoms with van der Waals surface area (Å²) < 4.78 is 13.9. The molecule has 1 heterocycles. The molecule has 1 amide bonds. The minimum atomic E-state index is -0.191. The fourth-order valence-corrected chi connectivity index (χ4v) is 3.32. The zero-order chi connectivity index (χ0) is 16.9. The first-order valence-corrected chi connectivity index (χ1v) is 8.43. The Morgan fingerprint density at radius 1 is 1.08 bits per heavy atom. The maximum atomic E-state index is 13.9. The van der Waals surface area contributed by atoms with E-state index in [4.69, 9.17) is 0 Å². The molecule has 126 valence electrons. The molecule has 0 aliphatic carbocycles. The third-order valence-corrected chi connectivity index (χ3v) is 4.68. The van der Waals surface area contributed by atoms with Crippen molar-refractivity contribution in [2.45, 2.75) is 19.4 Å². The van der Waals surface area contributed by atoms with Gasteiger partial charge >= 0.3 is 0 Å². The van der Waals surface area contributed by atoms with Crippen LogP contribution in [0.5, 0.6) is 0 Å². The Hall–Kier alpha value is -2.36. The van der Waals surface area contributed by atoms with Gasteiger partial charge in [0.05, 0.1) is 5.69 Å². The van der Waals surface area contributed by atoms with E-state index in [1.165, 1.54) is 6.07 Å². The Balaban J connectivity index is 1.56. The summed E-state index contributed by atoms with van der Waals surface area (Å²) in [6.45, 7) is 2.07. The van der Waals surface area contributed by atoms with Crippen LogP contribution in [-0.4, -0.2) is 30.9 Å². The Bertz CT molecular complexity index is 681. The number of carbonyl (C=O) groups is 1. The van der Waals surface area contributed by atoms with Crippen LogP contribution in [-0.2, 0) is 11.3 Å². The molecule has 0 bridgehead atoms. The molecule has 0 N–H and O–H groups in total. The van der Waals surface area contributed by atoms with E-state index in [9.17, 15) is 9.18 Å². The molecule has 1 aliphatic heterocycles.